The van der Waals surface area contributed by atoms with Gasteiger partial charge in [0.2, 0.25) is 29.7 Å². The molecule has 5 aliphatic heterocycles. The highest BCUT2D eigenvalue weighted by molar-refractivity contribution is 6.00. The minimum Gasteiger partial charge on any atom is -0.396 e. The molecule has 0 unspecified atom stereocenters. The fourth-order valence-electron chi connectivity index (χ4n) is 14.6. The Kier molecular flexibility index (Phi) is 20.0. The van der Waals surface area contributed by atoms with Gasteiger partial charge in [-0.25, -0.2) is 68.6 Å². The lowest BCUT2D eigenvalue weighted by Gasteiger charge is -2.34. The molecule has 1 amide bonds. The van der Waals surface area contributed by atoms with Gasteiger partial charge in [0.15, 0.2) is 0 Å². The van der Waals surface area contributed by atoms with E-state index in [-0.39, 0.29) is 19.1 Å². The Labute approximate surface area is 663 Å². The van der Waals surface area contributed by atoms with Crippen molar-refractivity contribution in [3.05, 3.63) is 291 Å². The molecule has 27 heteroatoms. The second-order valence-corrected chi connectivity index (χ2v) is 27.5. The van der Waals surface area contributed by atoms with Crippen molar-refractivity contribution < 1.29 is 18.7 Å². The molecule has 21 rings (SSSR count). The zero-order valence-corrected chi connectivity index (χ0v) is 62.3. The van der Waals surface area contributed by atoms with E-state index in [4.69, 9.17) is 19.9 Å². The molecule has 1 fully saturated rings. The number of fused-ring (bicyclic) bond motifs is 21. The number of hydrogen-bond acceptors (Lipinski definition) is 23. The lowest BCUT2D eigenvalue weighted by atomic mass is 10.0. The number of halogens is 2. The van der Waals surface area contributed by atoms with Crippen molar-refractivity contribution in [2.45, 2.75) is 26.4 Å². The SMILES string of the molecule is CC(=O)N1CCN(c2ncc3c(n2)-c2cccnc2Nc2ccccc2-3)CC1.Fc1ccc(CNc2ncc3c(n2)-c2ccccc2Nc2cnccc2-3)c(F)c1.OCCc1cccc(Nc2ncc3c(n2)-c2cccnc2Nc2ccccc2-3)c1.c1ccc2c(c1)Nc1ncccc1-c1nc(NCc3ccnc4[nH]ccc34)ncc1-2. The molecular formula is C89H71F2N23O2. The highest BCUT2D eigenvalue weighted by Crippen LogP contribution is 2.47. The number of nitrogens with one attached hydrogen (secondary N) is 8. The molecule has 25 nitrogen and oxygen atoms in total. The number of aliphatic hydroxyl groups is 1. The van der Waals surface area contributed by atoms with Crippen LogP contribution >= 0.6 is 0 Å². The number of aromatic amines is 1. The van der Waals surface area contributed by atoms with E-state index in [1.54, 1.807) is 50.3 Å². The summed E-state index contributed by atoms with van der Waals surface area (Å²) in [5, 5.41) is 33.6. The van der Waals surface area contributed by atoms with E-state index in [0.717, 1.165) is 182 Å². The molecule has 9 N–H and O–H groups in total. The van der Waals surface area contributed by atoms with E-state index in [1.165, 1.54) is 12.1 Å². The number of benzene rings is 6. The molecule has 0 bridgehead atoms. The Morgan fingerprint density at radius 3 is 1.52 bits per heavy atom. The van der Waals surface area contributed by atoms with E-state index in [9.17, 15) is 18.7 Å². The molecule has 0 saturated carbocycles. The zero-order chi connectivity index (χ0) is 78.4. The Morgan fingerprint density at radius 1 is 0.431 bits per heavy atom. The minimum absolute atomic E-state index is 0.116. The molecule has 0 spiro atoms. The number of nitrogens with zero attached hydrogens (tertiary/aromatic N) is 15. The van der Waals surface area contributed by atoms with Gasteiger partial charge in [-0.05, 0) is 115 Å². The number of piperazine rings is 1. The number of amides is 1. The number of carbonyl (C=O) groups is 1. The summed E-state index contributed by atoms with van der Waals surface area (Å²) in [4.78, 5) is 78.4. The van der Waals surface area contributed by atoms with Crippen LogP contribution in [-0.4, -0.2) is 118 Å². The predicted octanol–water partition coefficient (Wildman–Crippen LogP) is 17.4. The molecule has 15 heterocycles. The Morgan fingerprint density at radius 2 is 0.940 bits per heavy atom. The van der Waals surface area contributed by atoms with Crippen LogP contribution in [0.5, 0.6) is 0 Å². The number of para-hydroxylation sites is 4. The standard InChI is InChI=1S/C23H17N7.C23H19N5O.C22H15F2N5.C21H20N6O/c1-2-6-19-16(4-1)18-13-28-23(30-20(18)17-5-3-9-24-22(17)29-19)27-12-14-7-10-25-21-15(14)8-11-26-21;29-12-10-15-5-3-6-16(13-15)26-23-25-14-19-17-7-1-2-9-20(17)27-22-18(21(19)28-23)8-4-11-24-22;23-14-6-5-13(18(24)9-14)10-26-22-27-11-17-15-7-8-25-12-20(15)28-19-4-2-1-3-16(19)21(17)29-22;1-14(28)26-9-11-27(12-10-26)21-23-13-17-15-5-2-3-7-18(15)24-20-16(19(17)25-21)6-4-8-22-20/h1-11,13H,12H2,(H,24,29)(H,25,26)(H,27,28,30);1-9,11,13-14,29H,10,12H2,(H,24,27)(H,25,26,28);1-9,11-12,28H,10H2,(H,26,27,29);2-8,13H,9-12H2,1H3,(H,22,24). The van der Waals surface area contributed by atoms with Crippen molar-refractivity contribution in [2.75, 3.05) is 74.9 Å². The van der Waals surface area contributed by atoms with Gasteiger partial charge in [0, 0.05) is 227 Å². The van der Waals surface area contributed by atoms with E-state index in [2.05, 4.69) is 110 Å². The fourth-order valence-corrected chi connectivity index (χ4v) is 14.6. The summed E-state index contributed by atoms with van der Waals surface area (Å²) in [5.41, 5.74) is 24.0. The van der Waals surface area contributed by atoms with Gasteiger partial charge in [-0.3, -0.25) is 9.78 Å². The van der Waals surface area contributed by atoms with Crippen LogP contribution in [0.15, 0.2) is 262 Å². The number of rotatable bonds is 11. The molecule has 5 aliphatic rings. The monoisotopic (exact) mass is 1530 g/mol. The van der Waals surface area contributed by atoms with E-state index in [0.29, 0.717) is 55.4 Å². The maximum absolute atomic E-state index is 13.9. The van der Waals surface area contributed by atoms with Crippen LogP contribution in [0.1, 0.15) is 23.6 Å². The van der Waals surface area contributed by atoms with Gasteiger partial charge < -0.3 is 57.1 Å². The Hall–Kier alpha value is -15.4. The molecule has 568 valence electrons. The van der Waals surface area contributed by atoms with Crippen molar-refractivity contribution in [2.24, 2.45) is 0 Å². The quantitative estimate of drug-likeness (QED) is 0.0581. The first-order chi connectivity index (χ1) is 57.1. The average Bonchev–Trinajstić information content (AvgIpc) is 1.67. The van der Waals surface area contributed by atoms with E-state index < -0.39 is 11.6 Å². The third-order valence-corrected chi connectivity index (χ3v) is 20.3. The summed E-state index contributed by atoms with van der Waals surface area (Å²) in [7, 11) is 0. The van der Waals surface area contributed by atoms with Crippen LogP contribution in [0.25, 0.3) is 101 Å². The topological polar surface area (TPSA) is 311 Å². The normalized spacial score (nSPS) is 12.4. The van der Waals surface area contributed by atoms with Crippen molar-refractivity contribution in [1.29, 1.82) is 0 Å². The van der Waals surface area contributed by atoms with Crippen molar-refractivity contribution in [1.82, 2.24) is 74.7 Å². The smallest absolute Gasteiger partial charge is 0.227 e. The second-order valence-electron chi connectivity index (χ2n) is 27.5. The van der Waals surface area contributed by atoms with Crippen molar-refractivity contribution in [3.63, 3.8) is 0 Å². The van der Waals surface area contributed by atoms with Crippen molar-refractivity contribution in [3.8, 4) is 89.5 Å². The first-order valence-electron chi connectivity index (χ1n) is 37.6. The second kappa shape index (κ2) is 32.1. The van der Waals surface area contributed by atoms with Gasteiger partial charge >= 0.3 is 0 Å². The summed E-state index contributed by atoms with van der Waals surface area (Å²) < 4.78 is 27.0. The van der Waals surface area contributed by atoms with Gasteiger partial charge in [0.1, 0.15) is 34.7 Å². The number of H-pyrrole nitrogens is 1. The molecule has 6 aromatic carbocycles. The number of pyridine rings is 5. The molecule has 0 aliphatic carbocycles. The minimum atomic E-state index is -0.608. The summed E-state index contributed by atoms with van der Waals surface area (Å²) >= 11 is 0. The van der Waals surface area contributed by atoms with Crippen LogP contribution in [0.4, 0.5) is 84.2 Å². The average molecular weight is 1530 g/mol. The maximum atomic E-state index is 13.9. The molecule has 116 heavy (non-hydrogen) atoms. The summed E-state index contributed by atoms with van der Waals surface area (Å²) in [5.74, 6) is 3.39. The van der Waals surface area contributed by atoms with E-state index in [1.807, 2.05) is 187 Å². The third-order valence-electron chi connectivity index (χ3n) is 20.3. The number of anilines is 13. The first-order valence-corrected chi connectivity index (χ1v) is 37.6. The van der Waals surface area contributed by atoms with Crippen molar-refractivity contribution >= 4 is 92.3 Å². The number of hydrogen-bond donors (Lipinski definition) is 9. The molecule has 10 aromatic heterocycles. The van der Waals surface area contributed by atoms with Gasteiger partial charge in [0.25, 0.3) is 0 Å². The molecular weight excluding hydrogens is 1460 g/mol. The van der Waals surface area contributed by atoms with E-state index >= 15 is 0 Å². The Balaban J connectivity index is 0.000000107. The number of aromatic nitrogens is 14. The third kappa shape index (κ3) is 15.0. The number of aliphatic hydroxyl groups excluding tert-OH is 1. The first kappa shape index (κ1) is 72.2. The van der Waals surface area contributed by atoms with Gasteiger partial charge in [0.05, 0.1) is 34.7 Å². The van der Waals surface area contributed by atoms with Gasteiger partial charge in [-0.15, -0.1) is 0 Å². The molecule has 1 saturated heterocycles. The summed E-state index contributed by atoms with van der Waals surface area (Å²) in [6.45, 7) is 5.32. The summed E-state index contributed by atoms with van der Waals surface area (Å²) in [6, 6.07) is 61.4. The number of carbonyl (C=O) groups excluding carboxylic acids is 1. The highest BCUT2D eigenvalue weighted by Gasteiger charge is 2.29. The predicted molar refractivity (Wildman–Crippen MR) is 448 cm³/mol. The van der Waals surface area contributed by atoms with Gasteiger partial charge in [-0.1, -0.05) is 91.0 Å². The van der Waals surface area contributed by atoms with Crippen LogP contribution in [-0.2, 0) is 24.3 Å². The fraction of sp³-hybridized carbons (Fsp3) is 0.101. The maximum Gasteiger partial charge on any atom is 0.227 e. The van der Waals surface area contributed by atoms with Gasteiger partial charge in [-0.2, -0.15) is 0 Å². The Bertz CT molecular complexity index is 6400. The molecule has 0 radical (unpaired) electrons. The zero-order valence-electron chi connectivity index (χ0n) is 62.3. The molecule has 16 aromatic rings. The highest BCUT2D eigenvalue weighted by atomic mass is 19.1. The van der Waals surface area contributed by atoms with Crippen LogP contribution in [0.2, 0.25) is 0 Å². The largest absolute Gasteiger partial charge is 0.396 e. The van der Waals surface area contributed by atoms with Crippen LogP contribution in [0, 0.1) is 11.6 Å². The molecule has 0 atom stereocenters. The van der Waals surface area contributed by atoms with Crippen LogP contribution in [0.3, 0.4) is 0 Å². The van der Waals surface area contributed by atoms with Crippen LogP contribution < -0.4 is 42.1 Å². The lowest BCUT2D eigenvalue weighted by Crippen LogP contribution is -2.48. The lowest BCUT2D eigenvalue weighted by molar-refractivity contribution is -0.129. The summed E-state index contributed by atoms with van der Waals surface area (Å²) in [6.07, 6.45) is 20.5.